The molecule has 0 aliphatic carbocycles. The summed E-state index contributed by atoms with van der Waals surface area (Å²) < 4.78 is 0. The minimum absolute atomic E-state index is 0.317. The lowest BCUT2D eigenvalue weighted by Crippen LogP contribution is -2.19. The maximum atomic E-state index is 9.80. The molecule has 2 unspecified atom stereocenters. The van der Waals surface area contributed by atoms with E-state index in [-0.39, 0.29) is 0 Å². The molecule has 5 heteroatoms. The third-order valence-corrected chi connectivity index (χ3v) is 2.82. The van der Waals surface area contributed by atoms with E-state index in [0.29, 0.717) is 22.7 Å². The van der Waals surface area contributed by atoms with E-state index in [2.05, 4.69) is 12.6 Å². The molecular formula is C11H15NO2S2. The number of hydrogen-bond acceptors (Lipinski definition) is 4. The number of rotatable bonds is 5. The molecule has 1 aromatic rings. The van der Waals surface area contributed by atoms with Crippen molar-refractivity contribution in [1.82, 2.24) is 0 Å². The molecule has 0 aromatic heterocycles. The van der Waals surface area contributed by atoms with Crippen molar-refractivity contribution in [2.45, 2.75) is 18.6 Å². The second kappa shape index (κ2) is 6.20. The number of aliphatic hydroxyl groups excluding tert-OH is 2. The average molecular weight is 257 g/mol. The minimum atomic E-state index is -0.896. The molecule has 4 N–H and O–H groups in total. The van der Waals surface area contributed by atoms with Crippen LogP contribution in [0.1, 0.15) is 23.7 Å². The first-order valence-electron chi connectivity index (χ1n) is 4.93. The summed E-state index contributed by atoms with van der Waals surface area (Å²) in [5.74, 6) is 0.531. The fourth-order valence-corrected chi connectivity index (χ4v) is 1.76. The molecule has 0 saturated carbocycles. The number of thiocarbonyl (C=S) groups is 1. The summed E-state index contributed by atoms with van der Waals surface area (Å²) in [6.45, 7) is 0. The van der Waals surface area contributed by atoms with Crippen molar-refractivity contribution < 1.29 is 10.2 Å². The van der Waals surface area contributed by atoms with Crippen molar-refractivity contribution in [1.29, 1.82) is 0 Å². The maximum absolute atomic E-state index is 9.80. The normalized spacial score (nSPS) is 14.4. The second-order valence-corrected chi connectivity index (χ2v) is 4.40. The summed E-state index contributed by atoms with van der Waals surface area (Å²) in [5.41, 5.74) is 6.85. The van der Waals surface area contributed by atoms with Gasteiger partial charge in [0.15, 0.2) is 0 Å². The first-order valence-corrected chi connectivity index (χ1v) is 5.97. The van der Waals surface area contributed by atoms with Crippen LogP contribution >= 0.6 is 24.8 Å². The van der Waals surface area contributed by atoms with Crippen LogP contribution in [0.4, 0.5) is 0 Å². The van der Waals surface area contributed by atoms with Gasteiger partial charge in [-0.2, -0.15) is 12.6 Å². The van der Waals surface area contributed by atoms with Gasteiger partial charge in [0.2, 0.25) is 0 Å². The Bertz CT molecular complexity index is 354. The lowest BCUT2D eigenvalue weighted by atomic mass is 10.0. The Morgan fingerprint density at radius 3 is 2.31 bits per heavy atom. The van der Waals surface area contributed by atoms with E-state index in [1.807, 2.05) is 0 Å². The summed E-state index contributed by atoms with van der Waals surface area (Å²) in [7, 11) is 0. The molecule has 0 aliphatic rings. The first-order chi connectivity index (χ1) is 7.56. The van der Waals surface area contributed by atoms with Crippen molar-refractivity contribution in [2.75, 3.05) is 5.75 Å². The summed E-state index contributed by atoms with van der Waals surface area (Å²) in [6, 6.07) is 6.88. The predicted molar refractivity (Wildman–Crippen MR) is 71.8 cm³/mol. The number of aliphatic hydroxyl groups is 2. The van der Waals surface area contributed by atoms with Gasteiger partial charge in [-0.05, 0) is 17.7 Å². The molecule has 1 rings (SSSR count). The average Bonchev–Trinajstić information content (AvgIpc) is 2.28. The molecule has 0 aliphatic heterocycles. The Kier molecular flexibility index (Phi) is 5.21. The Labute approximate surface area is 106 Å². The molecule has 0 amide bonds. The summed E-state index contributed by atoms with van der Waals surface area (Å²) in [6.07, 6.45) is -1.25. The van der Waals surface area contributed by atoms with Gasteiger partial charge in [-0.15, -0.1) is 0 Å². The molecule has 0 radical (unpaired) electrons. The zero-order chi connectivity index (χ0) is 12.1. The van der Waals surface area contributed by atoms with Crippen LogP contribution in [-0.2, 0) is 0 Å². The predicted octanol–water partition coefficient (Wildman–Crippen LogP) is 1.03. The molecule has 2 atom stereocenters. The Morgan fingerprint density at radius 2 is 1.88 bits per heavy atom. The Balaban J connectivity index is 2.77. The van der Waals surface area contributed by atoms with Gasteiger partial charge in [0.05, 0.1) is 6.10 Å². The van der Waals surface area contributed by atoms with Crippen LogP contribution in [0.5, 0.6) is 0 Å². The van der Waals surface area contributed by atoms with E-state index >= 15 is 0 Å². The van der Waals surface area contributed by atoms with Crippen LogP contribution in [0.3, 0.4) is 0 Å². The van der Waals surface area contributed by atoms with Gasteiger partial charge in [-0.1, -0.05) is 36.5 Å². The van der Waals surface area contributed by atoms with Gasteiger partial charge in [-0.3, -0.25) is 0 Å². The highest BCUT2D eigenvalue weighted by Gasteiger charge is 2.17. The molecule has 0 heterocycles. The smallest absolute Gasteiger partial charge is 0.105 e. The van der Waals surface area contributed by atoms with Crippen LogP contribution in [-0.4, -0.2) is 27.1 Å². The topological polar surface area (TPSA) is 66.5 Å². The Hall–Kier alpha value is -0.620. The summed E-state index contributed by atoms with van der Waals surface area (Å²) >= 11 is 8.83. The largest absolute Gasteiger partial charge is 0.390 e. The highest BCUT2D eigenvalue weighted by atomic mass is 32.1. The maximum Gasteiger partial charge on any atom is 0.105 e. The fraction of sp³-hybridized carbons (Fsp3) is 0.364. The van der Waals surface area contributed by atoms with Crippen LogP contribution in [0, 0.1) is 0 Å². The molecule has 0 saturated heterocycles. The highest BCUT2D eigenvalue weighted by molar-refractivity contribution is 7.80. The molecule has 3 nitrogen and oxygen atoms in total. The van der Waals surface area contributed by atoms with E-state index in [9.17, 15) is 10.2 Å². The SMILES string of the molecule is NC(=S)c1ccc(C(O)C(O)CCS)cc1. The van der Waals surface area contributed by atoms with Crippen molar-refractivity contribution in [3.05, 3.63) is 35.4 Å². The highest BCUT2D eigenvalue weighted by Crippen LogP contribution is 2.19. The molecule has 0 spiro atoms. The van der Waals surface area contributed by atoms with Crippen LogP contribution in [0.25, 0.3) is 0 Å². The van der Waals surface area contributed by atoms with E-state index in [4.69, 9.17) is 18.0 Å². The van der Waals surface area contributed by atoms with Gasteiger partial charge in [0.25, 0.3) is 0 Å². The van der Waals surface area contributed by atoms with Crippen molar-refractivity contribution in [3.8, 4) is 0 Å². The van der Waals surface area contributed by atoms with E-state index in [1.165, 1.54) is 0 Å². The molecule has 16 heavy (non-hydrogen) atoms. The van der Waals surface area contributed by atoms with Gasteiger partial charge in [0.1, 0.15) is 11.1 Å². The second-order valence-electron chi connectivity index (χ2n) is 3.51. The number of hydrogen-bond donors (Lipinski definition) is 4. The third-order valence-electron chi connectivity index (χ3n) is 2.33. The lowest BCUT2D eigenvalue weighted by Gasteiger charge is -2.17. The minimum Gasteiger partial charge on any atom is -0.390 e. The Morgan fingerprint density at radius 1 is 1.31 bits per heavy atom. The van der Waals surface area contributed by atoms with E-state index in [1.54, 1.807) is 24.3 Å². The zero-order valence-electron chi connectivity index (χ0n) is 8.71. The van der Waals surface area contributed by atoms with E-state index < -0.39 is 12.2 Å². The third kappa shape index (κ3) is 3.45. The van der Waals surface area contributed by atoms with Crippen LogP contribution in [0.2, 0.25) is 0 Å². The molecule has 1 aromatic carbocycles. The number of nitrogens with two attached hydrogens (primary N) is 1. The van der Waals surface area contributed by atoms with Crippen molar-refractivity contribution >= 4 is 29.8 Å². The fourth-order valence-electron chi connectivity index (χ4n) is 1.36. The quantitative estimate of drug-likeness (QED) is 0.470. The number of thiol groups is 1. The van der Waals surface area contributed by atoms with Gasteiger partial charge < -0.3 is 15.9 Å². The van der Waals surface area contributed by atoms with E-state index in [0.717, 1.165) is 5.56 Å². The van der Waals surface area contributed by atoms with Crippen LogP contribution < -0.4 is 5.73 Å². The molecule has 88 valence electrons. The van der Waals surface area contributed by atoms with Gasteiger partial charge in [-0.25, -0.2) is 0 Å². The lowest BCUT2D eigenvalue weighted by molar-refractivity contribution is 0.0172. The summed E-state index contributed by atoms with van der Waals surface area (Å²) in [5, 5.41) is 19.4. The molecule has 0 fully saturated rings. The number of benzene rings is 1. The van der Waals surface area contributed by atoms with Crippen molar-refractivity contribution in [3.63, 3.8) is 0 Å². The van der Waals surface area contributed by atoms with Crippen LogP contribution in [0.15, 0.2) is 24.3 Å². The monoisotopic (exact) mass is 257 g/mol. The zero-order valence-corrected chi connectivity index (χ0v) is 10.4. The van der Waals surface area contributed by atoms with Crippen molar-refractivity contribution in [2.24, 2.45) is 5.73 Å². The molecule has 0 bridgehead atoms. The summed E-state index contributed by atoms with van der Waals surface area (Å²) in [4.78, 5) is 0.317. The van der Waals surface area contributed by atoms with Gasteiger partial charge >= 0.3 is 0 Å². The first kappa shape index (κ1) is 13.4. The standard InChI is InChI=1S/C11H15NO2S2/c12-11(16)8-3-1-7(2-4-8)10(14)9(13)5-6-15/h1-4,9-10,13-15H,5-6H2,(H2,12,16). The van der Waals surface area contributed by atoms with Gasteiger partial charge in [0, 0.05) is 5.56 Å². The molecular weight excluding hydrogens is 242 g/mol.